The second kappa shape index (κ2) is 5.69. The molecular formula is C12H21N3OS. The molecule has 1 saturated heterocycles. The van der Waals surface area contributed by atoms with E-state index in [0.717, 1.165) is 31.7 Å². The molecule has 4 nitrogen and oxygen atoms in total. The topological polar surface area (TPSA) is 51.4 Å². The lowest BCUT2D eigenvalue weighted by molar-refractivity contribution is 0.0442. The standard InChI is InChI=1S/C12H21N3OS/c1-3-7-16-10-5-4-6-15(8-10)12-9(2)11(13)14-17-12/h10H,3-8H2,1-2H3,(H2,13,14). The molecule has 1 unspecified atom stereocenters. The van der Waals surface area contributed by atoms with Crippen LogP contribution >= 0.6 is 11.5 Å². The summed E-state index contributed by atoms with van der Waals surface area (Å²) in [5.74, 6) is 0.668. The second-order valence-electron chi connectivity index (χ2n) is 4.58. The van der Waals surface area contributed by atoms with Crippen LogP contribution in [0, 0.1) is 6.92 Å². The minimum atomic E-state index is 0.367. The Hall–Kier alpha value is -0.810. The highest BCUT2D eigenvalue weighted by atomic mass is 32.1. The van der Waals surface area contributed by atoms with Crippen molar-refractivity contribution < 1.29 is 4.74 Å². The average molecular weight is 255 g/mol. The summed E-state index contributed by atoms with van der Waals surface area (Å²) in [5.41, 5.74) is 6.92. The molecule has 1 aliphatic heterocycles. The van der Waals surface area contributed by atoms with E-state index in [4.69, 9.17) is 10.5 Å². The molecule has 2 heterocycles. The molecule has 96 valence electrons. The summed E-state index contributed by atoms with van der Waals surface area (Å²) in [7, 11) is 0. The highest BCUT2D eigenvalue weighted by Crippen LogP contribution is 2.31. The number of aromatic nitrogens is 1. The molecule has 5 heteroatoms. The lowest BCUT2D eigenvalue weighted by atomic mass is 10.1. The zero-order chi connectivity index (χ0) is 12.3. The van der Waals surface area contributed by atoms with E-state index < -0.39 is 0 Å². The van der Waals surface area contributed by atoms with Crippen LogP contribution < -0.4 is 10.6 Å². The lowest BCUT2D eigenvalue weighted by Crippen LogP contribution is -2.39. The minimum Gasteiger partial charge on any atom is -0.383 e. The van der Waals surface area contributed by atoms with Gasteiger partial charge in [0.1, 0.15) is 10.8 Å². The Labute approximate surface area is 107 Å². The number of nitrogen functional groups attached to an aromatic ring is 1. The van der Waals surface area contributed by atoms with E-state index in [1.165, 1.54) is 29.4 Å². The summed E-state index contributed by atoms with van der Waals surface area (Å²) in [6, 6.07) is 0. The molecule has 1 aromatic heterocycles. The summed E-state index contributed by atoms with van der Waals surface area (Å²) >= 11 is 1.50. The fourth-order valence-electron chi connectivity index (χ4n) is 2.18. The summed E-state index contributed by atoms with van der Waals surface area (Å²) < 4.78 is 10.1. The molecule has 0 aliphatic carbocycles. The number of anilines is 2. The van der Waals surface area contributed by atoms with Gasteiger partial charge in [-0.1, -0.05) is 6.92 Å². The fraction of sp³-hybridized carbons (Fsp3) is 0.750. The van der Waals surface area contributed by atoms with Crippen LogP contribution in [-0.2, 0) is 4.74 Å². The number of nitrogens with zero attached hydrogens (tertiary/aromatic N) is 2. The maximum absolute atomic E-state index is 5.84. The summed E-state index contributed by atoms with van der Waals surface area (Å²) in [5, 5.41) is 1.22. The number of hydrogen-bond acceptors (Lipinski definition) is 5. The van der Waals surface area contributed by atoms with Gasteiger partial charge in [0, 0.05) is 25.3 Å². The SMILES string of the molecule is CCCOC1CCCN(c2snc(N)c2C)C1. The van der Waals surface area contributed by atoms with Crippen molar-refractivity contribution in [2.75, 3.05) is 30.3 Å². The average Bonchev–Trinajstić information content (AvgIpc) is 2.68. The number of piperidine rings is 1. The van der Waals surface area contributed by atoms with Gasteiger partial charge in [0.15, 0.2) is 0 Å². The molecule has 1 atom stereocenters. The summed E-state index contributed by atoms with van der Waals surface area (Å²) in [6.07, 6.45) is 3.81. The van der Waals surface area contributed by atoms with Crippen LogP contribution in [0.2, 0.25) is 0 Å². The van der Waals surface area contributed by atoms with Crippen molar-refractivity contribution in [3.8, 4) is 0 Å². The predicted molar refractivity (Wildman–Crippen MR) is 72.7 cm³/mol. The normalized spacial score (nSPS) is 20.8. The second-order valence-corrected chi connectivity index (χ2v) is 5.33. The largest absolute Gasteiger partial charge is 0.383 e. The van der Waals surface area contributed by atoms with Crippen molar-refractivity contribution in [1.29, 1.82) is 0 Å². The quantitative estimate of drug-likeness (QED) is 0.897. The molecule has 0 amide bonds. The molecule has 1 aliphatic rings. The molecule has 0 saturated carbocycles. The highest BCUT2D eigenvalue weighted by Gasteiger charge is 2.23. The molecule has 2 N–H and O–H groups in total. The Morgan fingerprint density at radius 2 is 2.41 bits per heavy atom. The van der Waals surface area contributed by atoms with Gasteiger partial charge in [-0.2, -0.15) is 4.37 Å². The molecule has 0 spiro atoms. The molecule has 0 bridgehead atoms. The first-order chi connectivity index (χ1) is 8.22. The van der Waals surface area contributed by atoms with Crippen LogP contribution in [0.4, 0.5) is 10.8 Å². The fourth-order valence-corrected chi connectivity index (χ4v) is 3.02. The van der Waals surface area contributed by atoms with Gasteiger partial charge in [0.05, 0.1) is 6.10 Å². The Balaban J connectivity index is 1.99. The first-order valence-corrected chi connectivity index (χ1v) is 7.08. The van der Waals surface area contributed by atoms with Crippen molar-refractivity contribution in [3.05, 3.63) is 5.56 Å². The zero-order valence-electron chi connectivity index (χ0n) is 10.6. The molecule has 17 heavy (non-hydrogen) atoms. The van der Waals surface area contributed by atoms with Crippen molar-refractivity contribution in [1.82, 2.24) is 4.37 Å². The van der Waals surface area contributed by atoms with Gasteiger partial charge in [0.25, 0.3) is 0 Å². The third kappa shape index (κ3) is 2.90. The molecule has 0 radical (unpaired) electrons. The first kappa shape index (κ1) is 12.6. The maximum atomic E-state index is 5.84. The molecule has 1 aromatic rings. The van der Waals surface area contributed by atoms with Crippen LogP contribution in [0.5, 0.6) is 0 Å². The van der Waals surface area contributed by atoms with E-state index in [2.05, 4.69) is 16.2 Å². The molecule has 2 rings (SSSR count). The number of rotatable bonds is 4. The Bertz CT molecular complexity index is 367. The molecular weight excluding hydrogens is 234 g/mol. The smallest absolute Gasteiger partial charge is 0.142 e. The molecule has 0 aromatic carbocycles. The number of ether oxygens (including phenoxy) is 1. The third-order valence-corrected chi connectivity index (χ3v) is 4.18. The van der Waals surface area contributed by atoms with E-state index in [1.54, 1.807) is 0 Å². The van der Waals surface area contributed by atoms with Crippen LogP contribution in [-0.4, -0.2) is 30.2 Å². The van der Waals surface area contributed by atoms with Gasteiger partial charge >= 0.3 is 0 Å². The van der Waals surface area contributed by atoms with Crippen LogP contribution in [0.1, 0.15) is 31.7 Å². The Morgan fingerprint density at radius 3 is 3.06 bits per heavy atom. The molecule has 1 fully saturated rings. The van der Waals surface area contributed by atoms with Gasteiger partial charge in [-0.3, -0.25) is 0 Å². The van der Waals surface area contributed by atoms with Gasteiger partial charge in [-0.05, 0) is 37.7 Å². The summed E-state index contributed by atoms with van der Waals surface area (Å²) in [4.78, 5) is 2.37. The van der Waals surface area contributed by atoms with Gasteiger partial charge < -0.3 is 15.4 Å². The van der Waals surface area contributed by atoms with Crippen LogP contribution in [0.25, 0.3) is 0 Å². The number of nitrogens with two attached hydrogens (primary N) is 1. The highest BCUT2D eigenvalue weighted by molar-refractivity contribution is 7.10. The van der Waals surface area contributed by atoms with E-state index >= 15 is 0 Å². The maximum Gasteiger partial charge on any atom is 0.142 e. The van der Waals surface area contributed by atoms with Gasteiger partial charge in [-0.25, -0.2) is 0 Å². The van der Waals surface area contributed by atoms with E-state index in [1.807, 2.05) is 6.92 Å². The van der Waals surface area contributed by atoms with Crippen molar-refractivity contribution in [2.45, 2.75) is 39.2 Å². The third-order valence-electron chi connectivity index (χ3n) is 3.16. The monoisotopic (exact) mass is 255 g/mol. The predicted octanol–water partition coefficient (Wildman–Crippen LogP) is 2.43. The summed E-state index contributed by atoms with van der Waals surface area (Å²) in [6.45, 7) is 7.12. The van der Waals surface area contributed by atoms with E-state index in [-0.39, 0.29) is 0 Å². The minimum absolute atomic E-state index is 0.367. The number of hydrogen-bond donors (Lipinski definition) is 1. The van der Waals surface area contributed by atoms with Gasteiger partial charge in [-0.15, -0.1) is 0 Å². The lowest BCUT2D eigenvalue weighted by Gasteiger charge is -2.33. The van der Waals surface area contributed by atoms with Crippen molar-refractivity contribution >= 4 is 22.4 Å². The van der Waals surface area contributed by atoms with E-state index in [0.29, 0.717) is 11.9 Å². The van der Waals surface area contributed by atoms with E-state index in [9.17, 15) is 0 Å². The van der Waals surface area contributed by atoms with Crippen LogP contribution in [0.3, 0.4) is 0 Å². The first-order valence-electron chi connectivity index (χ1n) is 6.30. The van der Waals surface area contributed by atoms with Gasteiger partial charge in [0.2, 0.25) is 0 Å². The zero-order valence-corrected chi connectivity index (χ0v) is 11.4. The Morgan fingerprint density at radius 1 is 1.59 bits per heavy atom. The Kier molecular flexibility index (Phi) is 4.23. The van der Waals surface area contributed by atoms with Crippen LogP contribution in [0.15, 0.2) is 0 Å². The van der Waals surface area contributed by atoms with Crippen molar-refractivity contribution in [2.24, 2.45) is 0 Å². The van der Waals surface area contributed by atoms with Crippen molar-refractivity contribution in [3.63, 3.8) is 0 Å².